The van der Waals surface area contributed by atoms with Crippen molar-refractivity contribution in [2.24, 2.45) is 10.9 Å². The second kappa shape index (κ2) is 14.2. The van der Waals surface area contributed by atoms with Crippen LogP contribution in [0.3, 0.4) is 0 Å². The molecule has 0 amide bonds. The zero-order valence-corrected chi connectivity index (χ0v) is 19.5. The Morgan fingerprint density at radius 3 is 2.35 bits per heavy atom. The summed E-state index contributed by atoms with van der Waals surface area (Å²) in [5, 5.41) is 6.81. The predicted molar refractivity (Wildman–Crippen MR) is 122 cm³/mol. The van der Waals surface area contributed by atoms with Crippen LogP contribution in [0, 0.1) is 5.92 Å². The Morgan fingerprint density at radius 2 is 1.81 bits per heavy atom. The molecule has 1 rings (SSSR count). The standard InChI is InChI=1S/C20H36N4O.HI/c1-7-25-19(16(2)3)12-13-22-20(21-4)23-14-17-10-8-9-11-18(17)15-24(5)6;/h8-11,16,19H,7,12-15H2,1-6H3,(H2,21,22,23);1H. The first-order valence-electron chi connectivity index (χ1n) is 9.25. The molecule has 0 saturated heterocycles. The van der Waals surface area contributed by atoms with Crippen LogP contribution in [0.5, 0.6) is 0 Å². The van der Waals surface area contributed by atoms with Crippen LogP contribution >= 0.6 is 24.0 Å². The van der Waals surface area contributed by atoms with Crippen molar-refractivity contribution in [2.75, 3.05) is 34.3 Å². The van der Waals surface area contributed by atoms with Crippen molar-refractivity contribution >= 4 is 29.9 Å². The quantitative estimate of drug-likeness (QED) is 0.309. The van der Waals surface area contributed by atoms with Gasteiger partial charge in [0.05, 0.1) is 6.10 Å². The van der Waals surface area contributed by atoms with Gasteiger partial charge in [0.25, 0.3) is 0 Å². The monoisotopic (exact) mass is 476 g/mol. The van der Waals surface area contributed by atoms with Crippen LogP contribution in [-0.2, 0) is 17.8 Å². The third kappa shape index (κ3) is 9.73. The first kappa shape index (κ1) is 25.1. The third-order valence-corrected chi connectivity index (χ3v) is 4.12. The summed E-state index contributed by atoms with van der Waals surface area (Å²) in [6.07, 6.45) is 1.26. The van der Waals surface area contributed by atoms with Crippen molar-refractivity contribution in [3.05, 3.63) is 35.4 Å². The minimum Gasteiger partial charge on any atom is -0.378 e. The molecule has 0 bridgehead atoms. The summed E-state index contributed by atoms with van der Waals surface area (Å²) in [6.45, 7) is 9.77. The molecule has 0 spiro atoms. The Hall–Kier alpha value is -0.860. The van der Waals surface area contributed by atoms with Crippen molar-refractivity contribution in [3.63, 3.8) is 0 Å². The average Bonchev–Trinajstić information content (AvgIpc) is 2.57. The lowest BCUT2D eigenvalue weighted by Gasteiger charge is -2.21. The Bertz CT molecular complexity index is 520. The summed E-state index contributed by atoms with van der Waals surface area (Å²) in [4.78, 5) is 6.51. The molecule has 6 heteroatoms. The molecule has 1 aromatic carbocycles. The summed E-state index contributed by atoms with van der Waals surface area (Å²) in [5.41, 5.74) is 2.64. The number of hydrogen-bond acceptors (Lipinski definition) is 3. The number of benzene rings is 1. The lowest BCUT2D eigenvalue weighted by Crippen LogP contribution is -2.39. The van der Waals surface area contributed by atoms with E-state index >= 15 is 0 Å². The molecule has 150 valence electrons. The summed E-state index contributed by atoms with van der Waals surface area (Å²) in [6, 6.07) is 8.53. The fourth-order valence-electron chi connectivity index (χ4n) is 2.78. The highest BCUT2D eigenvalue weighted by Crippen LogP contribution is 2.11. The van der Waals surface area contributed by atoms with Gasteiger partial charge >= 0.3 is 0 Å². The Morgan fingerprint density at radius 1 is 1.15 bits per heavy atom. The maximum atomic E-state index is 5.80. The van der Waals surface area contributed by atoms with E-state index in [0.29, 0.717) is 5.92 Å². The molecule has 0 fully saturated rings. The zero-order valence-electron chi connectivity index (χ0n) is 17.2. The van der Waals surface area contributed by atoms with Gasteiger partial charge in [-0.3, -0.25) is 4.99 Å². The molecule has 0 heterocycles. The van der Waals surface area contributed by atoms with Crippen molar-refractivity contribution in [1.29, 1.82) is 0 Å². The Kier molecular flexibility index (Phi) is 13.8. The predicted octanol–water partition coefficient (Wildman–Crippen LogP) is 3.48. The molecule has 5 nitrogen and oxygen atoms in total. The molecule has 1 unspecified atom stereocenters. The SMILES string of the molecule is CCOC(CCNC(=NC)NCc1ccccc1CN(C)C)C(C)C.I. The Balaban J connectivity index is 0.00000625. The first-order chi connectivity index (χ1) is 12.0. The van der Waals surface area contributed by atoms with E-state index in [-0.39, 0.29) is 30.1 Å². The number of ether oxygens (including phenoxy) is 1. The van der Waals surface area contributed by atoms with Crippen LogP contribution in [0.15, 0.2) is 29.3 Å². The van der Waals surface area contributed by atoms with Crippen LogP contribution in [0.4, 0.5) is 0 Å². The first-order valence-corrected chi connectivity index (χ1v) is 9.25. The molecule has 0 aromatic heterocycles. The molecule has 0 aliphatic rings. The molecule has 0 aliphatic carbocycles. The normalized spacial score (nSPS) is 12.8. The molecule has 26 heavy (non-hydrogen) atoms. The third-order valence-electron chi connectivity index (χ3n) is 4.12. The van der Waals surface area contributed by atoms with Gasteiger partial charge in [-0.2, -0.15) is 0 Å². The molecule has 0 aliphatic heterocycles. The minimum absolute atomic E-state index is 0. The fourth-order valence-corrected chi connectivity index (χ4v) is 2.78. The number of halogens is 1. The van der Waals surface area contributed by atoms with E-state index < -0.39 is 0 Å². The summed E-state index contributed by atoms with van der Waals surface area (Å²) in [5.74, 6) is 1.35. The fraction of sp³-hybridized carbons (Fsp3) is 0.650. The summed E-state index contributed by atoms with van der Waals surface area (Å²) in [7, 11) is 5.99. The molecule has 2 N–H and O–H groups in total. The van der Waals surface area contributed by atoms with Crippen molar-refractivity contribution < 1.29 is 4.74 Å². The van der Waals surface area contributed by atoms with E-state index in [2.05, 4.69) is 79.7 Å². The zero-order chi connectivity index (χ0) is 18.7. The molecule has 0 saturated carbocycles. The van der Waals surface area contributed by atoms with Crippen molar-refractivity contribution in [2.45, 2.75) is 46.4 Å². The van der Waals surface area contributed by atoms with Gasteiger partial charge in [-0.05, 0) is 44.5 Å². The van der Waals surface area contributed by atoms with E-state index in [4.69, 9.17) is 4.74 Å². The topological polar surface area (TPSA) is 48.9 Å². The van der Waals surface area contributed by atoms with Gasteiger partial charge in [0, 0.05) is 33.3 Å². The summed E-state index contributed by atoms with van der Waals surface area (Å²) >= 11 is 0. The van der Waals surface area contributed by atoms with E-state index in [1.54, 1.807) is 0 Å². The molecular formula is C20H37IN4O. The van der Waals surface area contributed by atoms with Crippen LogP contribution in [0.25, 0.3) is 0 Å². The highest BCUT2D eigenvalue weighted by atomic mass is 127. The van der Waals surface area contributed by atoms with E-state index in [1.165, 1.54) is 11.1 Å². The number of hydrogen-bond donors (Lipinski definition) is 2. The van der Waals surface area contributed by atoms with Gasteiger partial charge in [0.15, 0.2) is 5.96 Å². The number of nitrogens with zero attached hydrogens (tertiary/aromatic N) is 2. The van der Waals surface area contributed by atoms with Crippen LogP contribution in [-0.4, -0.2) is 51.3 Å². The highest BCUT2D eigenvalue weighted by molar-refractivity contribution is 14.0. The molecule has 1 aromatic rings. The van der Waals surface area contributed by atoms with Crippen molar-refractivity contribution in [3.8, 4) is 0 Å². The molecule has 1 atom stereocenters. The smallest absolute Gasteiger partial charge is 0.191 e. The lowest BCUT2D eigenvalue weighted by atomic mass is 10.0. The van der Waals surface area contributed by atoms with Crippen molar-refractivity contribution in [1.82, 2.24) is 15.5 Å². The van der Waals surface area contributed by atoms with Gasteiger partial charge in [-0.15, -0.1) is 24.0 Å². The van der Waals surface area contributed by atoms with Crippen LogP contribution in [0.2, 0.25) is 0 Å². The maximum absolute atomic E-state index is 5.80. The second-order valence-corrected chi connectivity index (χ2v) is 6.89. The number of aliphatic imine (C=N–C) groups is 1. The van der Waals surface area contributed by atoms with Gasteiger partial charge in [0.1, 0.15) is 0 Å². The molecule has 0 radical (unpaired) electrons. The minimum atomic E-state index is 0. The average molecular weight is 476 g/mol. The van der Waals surface area contributed by atoms with E-state index in [1.807, 2.05) is 7.05 Å². The van der Waals surface area contributed by atoms with E-state index in [9.17, 15) is 0 Å². The molecular weight excluding hydrogens is 439 g/mol. The number of nitrogens with one attached hydrogen (secondary N) is 2. The second-order valence-electron chi connectivity index (χ2n) is 6.89. The van der Waals surface area contributed by atoms with Gasteiger partial charge in [0.2, 0.25) is 0 Å². The number of guanidine groups is 1. The van der Waals surface area contributed by atoms with Gasteiger partial charge < -0.3 is 20.3 Å². The van der Waals surface area contributed by atoms with Gasteiger partial charge in [-0.1, -0.05) is 38.1 Å². The lowest BCUT2D eigenvalue weighted by molar-refractivity contribution is 0.0258. The van der Waals surface area contributed by atoms with E-state index in [0.717, 1.165) is 38.6 Å². The maximum Gasteiger partial charge on any atom is 0.191 e. The van der Waals surface area contributed by atoms with Gasteiger partial charge in [-0.25, -0.2) is 0 Å². The number of rotatable bonds is 10. The highest BCUT2D eigenvalue weighted by Gasteiger charge is 2.13. The van der Waals surface area contributed by atoms with Crippen LogP contribution in [0.1, 0.15) is 38.3 Å². The Labute approximate surface area is 177 Å². The summed E-state index contributed by atoms with van der Waals surface area (Å²) < 4.78 is 5.80. The largest absolute Gasteiger partial charge is 0.378 e. The van der Waals surface area contributed by atoms with Crippen LogP contribution < -0.4 is 10.6 Å².